The number of carbonyl (C=O) groups excluding carboxylic acids is 1. The summed E-state index contributed by atoms with van der Waals surface area (Å²) in [5.74, 6) is -0.211. The number of nitrogens with one attached hydrogen (secondary N) is 2. The lowest BCUT2D eigenvalue weighted by molar-refractivity contribution is 0.0977. The maximum atomic E-state index is 12.3. The molecular formula is C20H24N2OS. The van der Waals surface area contributed by atoms with Crippen LogP contribution in [0.1, 0.15) is 47.8 Å². The molecule has 0 radical (unpaired) electrons. The van der Waals surface area contributed by atoms with Crippen molar-refractivity contribution in [3.63, 3.8) is 0 Å². The molecule has 126 valence electrons. The Morgan fingerprint density at radius 1 is 0.958 bits per heavy atom. The lowest BCUT2D eigenvalue weighted by Crippen LogP contribution is -2.34. The van der Waals surface area contributed by atoms with E-state index in [4.69, 9.17) is 12.2 Å². The molecule has 0 bridgehead atoms. The van der Waals surface area contributed by atoms with Crippen molar-refractivity contribution in [2.45, 2.75) is 40.0 Å². The first kappa shape index (κ1) is 18.1. The molecule has 2 aromatic carbocycles. The maximum absolute atomic E-state index is 12.3. The number of aryl methyl sites for hydroxylation is 2. The average molecular weight is 340 g/mol. The number of carbonyl (C=O) groups is 1. The van der Waals surface area contributed by atoms with Crippen molar-refractivity contribution >= 4 is 28.9 Å². The summed E-state index contributed by atoms with van der Waals surface area (Å²) in [6, 6.07) is 13.7. The summed E-state index contributed by atoms with van der Waals surface area (Å²) in [5, 5.41) is 6.08. The monoisotopic (exact) mass is 340 g/mol. The average Bonchev–Trinajstić information content (AvgIpc) is 2.45. The van der Waals surface area contributed by atoms with Gasteiger partial charge in [-0.15, -0.1) is 0 Å². The Kier molecular flexibility index (Phi) is 5.40. The summed E-state index contributed by atoms with van der Waals surface area (Å²) < 4.78 is 0. The zero-order valence-corrected chi connectivity index (χ0v) is 15.7. The van der Waals surface area contributed by atoms with Gasteiger partial charge in [0.1, 0.15) is 0 Å². The minimum absolute atomic E-state index is 0.0644. The fourth-order valence-corrected chi connectivity index (χ4v) is 2.72. The highest BCUT2D eigenvalue weighted by molar-refractivity contribution is 7.80. The molecule has 0 aliphatic heterocycles. The molecule has 4 heteroatoms. The molecule has 0 aromatic heterocycles. The smallest absolute Gasteiger partial charge is 0.257 e. The van der Waals surface area contributed by atoms with Gasteiger partial charge in [0.2, 0.25) is 0 Å². The van der Waals surface area contributed by atoms with E-state index in [1.807, 2.05) is 50.2 Å². The Balaban J connectivity index is 2.02. The molecule has 2 N–H and O–H groups in total. The number of thiocarbonyl (C=S) groups is 1. The first-order valence-electron chi connectivity index (χ1n) is 7.96. The van der Waals surface area contributed by atoms with E-state index in [2.05, 4.69) is 37.5 Å². The number of anilines is 1. The molecule has 24 heavy (non-hydrogen) atoms. The second kappa shape index (κ2) is 7.14. The van der Waals surface area contributed by atoms with Gasteiger partial charge >= 0.3 is 0 Å². The Hall–Kier alpha value is -2.20. The first-order valence-corrected chi connectivity index (χ1v) is 8.37. The van der Waals surface area contributed by atoms with Crippen molar-refractivity contribution in [2.75, 3.05) is 5.32 Å². The third-order valence-electron chi connectivity index (χ3n) is 3.72. The Labute approximate surface area is 149 Å². The fourth-order valence-electron chi connectivity index (χ4n) is 2.51. The van der Waals surface area contributed by atoms with Crippen LogP contribution in [0.3, 0.4) is 0 Å². The molecule has 0 spiro atoms. The normalized spacial score (nSPS) is 11.0. The van der Waals surface area contributed by atoms with Crippen molar-refractivity contribution in [3.05, 3.63) is 64.7 Å². The van der Waals surface area contributed by atoms with Crippen molar-refractivity contribution in [2.24, 2.45) is 0 Å². The van der Waals surface area contributed by atoms with Crippen LogP contribution in [0.5, 0.6) is 0 Å². The Morgan fingerprint density at radius 2 is 1.50 bits per heavy atom. The van der Waals surface area contributed by atoms with Gasteiger partial charge in [0.05, 0.1) is 0 Å². The summed E-state index contributed by atoms with van der Waals surface area (Å²) in [4.78, 5) is 12.3. The molecule has 0 atom stereocenters. The van der Waals surface area contributed by atoms with Crippen molar-refractivity contribution in [1.82, 2.24) is 5.32 Å². The summed E-state index contributed by atoms with van der Waals surface area (Å²) in [7, 11) is 0. The van der Waals surface area contributed by atoms with Gasteiger partial charge in [-0.3, -0.25) is 10.1 Å². The summed E-state index contributed by atoms with van der Waals surface area (Å²) in [6.07, 6.45) is 0. The van der Waals surface area contributed by atoms with Crippen LogP contribution in [0.15, 0.2) is 42.5 Å². The van der Waals surface area contributed by atoms with Crippen molar-refractivity contribution in [1.29, 1.82) is 0 Å². The molecule has 3 nitrogen and oxygen atoms in total. The highest BCUT2D eigenvalue weighted by atomic mass is 32.1. The molecule has 0 unspecified atom stereocenters. The number of hydrogen-bond acceptors (Lipinski definition) is 2. The molecule has 1 amide bonds. The molecule has 0 aliphatic rings. The van der Waals surface area contributed by atoms with Crippen LogP contribution in [0.4, 0.5) is 5.69 Å². The van der Waals surface area contributed by atoms with Crippen LogP contribution < -0.4 is 10.6 Å². The summed E-state index contributed by atoms with van der Waals surface area (Å²) in [6.45, 7) is 10.5. The summed E-state index contributed by atoms with van der Waals surface area (Å²) in [5.41, 5.74) is 5.01. The zero-order chi connectivity index (χ0) is 17.9. The Morgan fingerprint density at radius 3 is 2.00 bits per heavy atom. The van der Waals surface area contributed by atoms with E-state index in [1.165, 1.54) is 5.56 Å². The van der Waals surface area contributed by atoms with Crippen molar-refractivity contribution < 1.29 is 4.79 Å². The van der Waals surface area contributed by atoms with Gasteiger partial charge in [0.25, 0.3) is 5.91 Å². The van der Waals surface area contributed by atoms with Gasteiger partial charge in [-0.1, -0.05) is 39.0 Å². The largest absolute Gasteiger partial charge is 0.332 e. The predicted molar refractivity (Wildman–Crippen MR) is 105 cm³/mol. The standard InChI is InChI=1S/C20H24N2OS/c1-13-10-14(2)12-17(11-13)21-19(24)22-18(23)15-6-8-16(9-7-15)20(3,4)5/h6-12H,1-5H3,(H2,21,22,23,24). The molecule has 0 heterocycles. The van der Waals surface area contributed by atoms with Crippen LogP contribution in [-0.2, 0) is 5.41 Å². The van der Waals surface area contributed by atoms with Crippen LogP contribution >= 0.6 is 12.2 Å². The number of hydrogen-bond donors (Lipinski definition) is 2. The minimum Gasteiger partial charge on any atom is -0.332 e. The quantitative estimate of drug-likeness (QED) is 0.777. The molecule has 0 fully saturated rings. The third-order valence-corrected chi connectivity index (χ3v) is 3.92. The van der Waals surface area contributed by atoms with E-state index in [0.717, 1.165) is 16.8 Å². The lowest BCUT2D eigenvalue weighted by Gasteiger charge is -2.19. The highest BCUT2D eigenvalue weighted by Crippen LogP contribution is 2.22. The third kappa shape index (κ3) is 4.90. The van der Waals surface area contributed by atoms with Crippen LogP contribution in [0, 0.1) is 13.8 Å². The first-order chi connectivity index (χ1) is 11.1. The van der Waals surface area contributed by atoms with Gasteiger partial charge in [-0.05, 0) is 72.4 Å². The van der Waals surface area contributed by atoms with E-state index in [0.29, 0.717) is 10.7 Å². The van der Waals surface area contributed by atoms with Crippen molar-refractivity contribution in [3.8, 4) is 0 Å². The van der Waals surface area contributed by atoms with Gasteiger partial charge in [0, 0.05) is 11.3 Å². The minimum atomic E-state index is -0.211. The molecule has 2 aromatic rings. The molecular weight excluding hydrogens is 316 g/mol. The lowest BCUT2D eigenvalue weighted by atomic mass is 9.87. The number of rotatable bonds is 2. The van der Waals surface area contributed by atoms with Crippen LogP contribution in [0.2, 0.25) is 0 Å². The molecule has 0 aliphatic carbocycles. The highest BCUT2D eigenvalue weighted by Gasteiger charge is 2.14. The number of amides is 1. The summed E-state index contributed by atoms with van der Waals surface area (Å²) >= 11 is 5.24. The Bertz CT molecular complexity index is 738. The second-order valence-corrected chi connectivity index (χ2v) is 7.52. The van der Waals surface area contributed by atoms with E-state index < -0.39 is 0 Å². The van der Waals surface area contributed by atoms with Crippen LogP contribution in [-0.4, -0.2) is 11.0 Å². The molecule has 0 saturated carbocycles. The molecule has 0 saturated heterocycles. The topological polar surface area (TPSA) is 41.1 Å². The molecule has 2 rings (SSSR count). The number of benzene rings is 2. The van der Waals surface area contributed by atoms with Gasteiger partial charge in [-0.25, -0.2) is 0 Å². The predicted octanol–water partition coefficient (Wildman–Crippen LogP) is 4.73. The van der Waals surface area contributed by atoms with E-state index in [1.54, 1.807) is 0 Å². The van der Waals surface area contributed by atoms with E-state index >= 15 is 0 Å². The van der Waals surface area contributed by atoms with Gasteiger partial charge in [-0.2, -0.15) is 0 Å². The second-order valence-electron chi connectivity index (χ2n) is 7.11. The van der Waals surface area contributed by atoms with E-state index in [9.17, 15) is 4.79 Å². The van der Waals surface area contributed by atoms with E-state index in [-0.39, 0.29) is 11.3 Å². The maximum Gasteiger partial charge on any atom is 0.257 e. The SMILES string of the molecule is Cc1cc(C)cc(NC(=S)NC(=O)c2ccc(C(C)(C)C)cc2)c1. The fraction of sp³-hybridized carbons (Fsp3) is 0.300. The zero-order valence-electron chi connectivity index (χ0n) is 14.9. The van der Waals surface area contributed by atoms with Gasteiger partial charge in [0.15, 0.2) is 5.11 Å². The van der Waals surface area contributed by atoms with Gasteiger partial charge < -0.3 is 5.32 Å². The van der Waals surface area contributed by atoms with Crippen LogP contribution in [0.25, 0.3) is 0 Å².